The third kappa shape index (κ3) is 3.82. The predicted octanol–water partition coefficient (Wildman–Crippen LogP) is 0.0897. The molecule has 0 bridgehead atoms. The van der Waals surface area contributed by atoms with Crippen LogP contribution in [0.15, 0.2) is 11.8 Å². The van der Waals surface area contributed by atoms with E-state index in [0.29, 0.717) is 10.2 Å². The predicted molar refractivity (Wildman–Crippen MR) is 20.2 cm³/mol. The monoisotopic (exact) mass is 94.0 g/mol. The van der Waals surface area contributed by atoms with Crippen molar-refractivity contribution in [3.63, 3.8) is 0 Å². The minimum atomic E-state index is -1.56. The van der Waals surface area contributed by atoms with E-state index in [1.165, 1.54) is 0 Å². The summed E-state index contributed by atoms with van der Waals surface area (Å²) in [5, 5.41) is 0. The van der Waals surface area contributed by atoms with E-state index in [2.05, 4.69) is 0 Å². The van der Waals surface area contributed by atoms with E-state index in [4.69, 9.17) is 0 Å². The van der Waals surface area contributed by atoms with Crippen molar-refractivity contribution in [1.29, 1.82) is 0 Å². The van der Waals surface area contributed by atoms with Gasteiger partial charge in [0.1, 0.15) is 0 Å². The molecule has 0 aliphatic rings. The molecule has 0 aromatic heterocycles. The van der Waals surface area contributed by atoms with E-state index < -0.39 is 6.08 Å². The van der Waals surface area contributed by atoms with Crippen LogP contribution in [-0.4, -0.2) is 10.2 Å². The lowest BCUT2D eigenvalue weighted by Gasteiger charge is -1.62. The Morgan fingerprint density at radius 1 is 1.60 bits per heavy atom. The van der Waals surface area contributed by atoms with Crippen molar-refractivity contribution < 1.29 is 8.78 Å². The summed E-state index contributed by atoms with van der Waals surface area (Å²) in [6, 6.07) is 0. The molecule has 0 amide bonds. The molecular weight excluding hydrogens is 90.1 g/mol. The molecule has 0 aromatic rings. The van der Waals surface area contributed by atoms with Crippen LogP contribution in [0.4, 0.5) is 8.78 Å². The van der Waals surface area contributed by atoms with E-state index >= 15 is 0 Å². The Kier molecular flexibility index (Phi) is 2.00. The third-order valence-electron chi connectivity index (χ3n) is 0.218. The molecule has 0 saturated carbocycles. The smallest absolute Gasteiger partial charge is 0.174 e. The average molecular weight is 94.1 g/mol. The van der Waals surface area contributed by atoms with Crippen LogP contribution in [0.2, 0.25) is 0 Å². The van der Waals surface area contributed by atoms with Crippen LogP contribution < -0.4 is 0 Å². The zero-order valence-electron chi connectivity index (χ0n) is 2.83. The van der Waals surface area contributed by atoms with Crippen LogP contribution in [0.25, 0.3) is 0 Å². The number of hydrogen-bond donors (Lipinski definition) is 0. The van der Waals surface area contributed by atoms with Crippen molar-refractivity contribution in [2.75, 3.05) is 0 Å². The standard InChI is InChI=1S/C2H4F2Si/c3-2(4)1-5/h1H,5H3. The average Bonchev–Trinajstić information content (AvgIpc) is 1.38. The van der Waals surface area contributed by atoms with Crippen LogP contribution >= 0.6 is 0 Å². The zero-order chi connectivity index (χ0) is 4.28. The zero-order valence-corrected chi connectivity index (χ0v) is 4.83. The van der Waals surface area contributed by atoms with Gasteiger partial charge in [0.25, 0.3) is 6.08 Å². The maximum atomic E-state index is 10.7. The molecule has 0 saturated heterocycles. The van der Waals surface area contributed by atoms with Crippen molar-refractivity contribution in [3.8, 4) is 0 Å². The maximum Gasteiger partial charge on any atom is 0.261 e. The van der Waals surface area contributed by atoms with Gasteiger partial charge in [-0.15, -0.1) is 0 Å². The first-order valence-electron chi connectivity index (χ1n) is 1.24. The molecule has 0 aliphatic heterocycles. The fourth-order valence-corrected chi connectivity index (χ4v) is 0. The first-order chi connectivity index (χ1) is 2.27. The van der Waals surface area contributed by atoms with E-state index in [9.17, 15) is 8.78 Å². The lowest BCUT2D eigenvalue weighted by molar-refractivity contribution is 0.424. The first-order valence-corrected chi connectivity index (χ1v) is 2.40. The summed E-state index contributed by atoms with van der Waals surface area (Å²) in [4.78, 5) is 0. The fourth-order valence-electron chi connectivity index (χ4n) is 0. The summed E-state index contributed by atoms with van der Waals surface area (Å²) in [5.41, 5.74) is 0.889. The van der Waals surface area contributed by atoms with Gasteiger partial charge in [-0.05, 0) is 5.70 Å². The topological polar surface area (TPSA) is 0 Å². The van der Waals surface area contributed by atoms with Crippen LogP contribution in [0.1, 0.15) is 0 Å². The fraction of sp³-hybridized carbons (Fsp3) is 0. The highest BCUT2D eigenvalue weighted by molar-refractivity contribution is 6.17. The second-order valence-corrected chi connectivity index (χ2v) is 1.16. The molecule has 30 valence electrons. The summed E-state index contributed by atoms with van der Waals surface area (Å²) in [5.74, 6) is 0. The van der Waals surface area contributed by atoms with E-state index in [1.807, 2.05) is 0 Å². The highest BCUT2D eigenvalue weighted by atomic mass is 28.1. The van der Waals surface area contributed by atoms with Crippen LogP contribution in [0.3, 0.4) is 0 Å². The molecule has 0 aliphatic carbocycles. The largest absolute Gasteiger partial charge is 0.261 e. The van der Waals surface area contributed by atoms with Gasteiger partial charge in [-0.2, -0.15) is 8.78 Å². The van der Waals surface area contributed by atoms with Crippen molar-refractivity contribution >= 4 is 10.2 Å². The number of rotatable bonds is 0. The summed E-state index contributed by atoms with van der Waals surface area (Å²) in [6.07, 6.45) is -1.56. The Balaban J connectivity index is 3.14. The Bertz CT molecular complexity index is 45.6. The molecule has 0 aromatic carbocycles. The molecule has 0 atom stereocenters. The second-order valence-electron chi connectivity index (χ2n) is 0.578. The summed E-state index contributed by atoms with van der Waals surface area (Å²) in [6.45, 7) is 0. The first kappa shape index (κ1) is 4.82. The Morgan fingerprint density at radius 3 is 1.80 bits per heavy atom. The SMILES string of the molecule is FC(F)=C[SiH3]. The molecule has 3 heteroatoms. The number of halogens is 2. The Labute approximate surface area is 31.9 Å². The van der Waals surface area contributed by atoms with Crippen molar-refractivity contribution in [2.24, 2.45) is 0 Å². The van der Waals surface area contributed by atoms with E-state index in [0.717, 1.165) is 5.70 Å². The molecule has 0 nitrogen and oxygen atoms in total. The molecule has 0 heterocycles. The van der Waals surface area contributed by atoms with Gasteiger partial charge in [0.15, 0.2) is 0 Å². The van der Waals surface area contributed by atoms with Gasteiger partial charge in [0.2, 0.25) is 0 Å². The molecule has 0 N–H and O–H groups in total. The molecule has 5 heavy (non-hydrogen) atoms. The third-order valence-corrected chi connectivity index (χ3v) is 0.655. The second kappa shape index (κ2) is 2.08. The molecule has 0 rings (SSSR count). The maximum absolute atomic E-state index is 10.7. The van der Waals surface area contributed by atoms with Gasteiger partial charge in [-0.25, -0.2) is 0 Å². The van der Waals surface area contributed by atoms with Crippen LogP contribution in [-0.2, 0) is 0 Å². The van der Waals surface area contributed by atoms with Crippen LogP contribution in [0, 0.1) is 0 Å². The van der Waals surface area contributed by atoms with Crippen molar-refractivity contribution in [2.45, 2.75) is 0 Å². The highest BCUT2D eigenvalue weighted by Crippen LogP contribution is 1.90. The van der Waals surface area contributed by atoms with E-state index in [1.54, 1.807) is 0 Å². The molecule has 0 unspecified atom stereocenters. The summed E-state index contributed by atoms with van der Waals surface area (Å²) >= 11 is 0. The summed E-state index contributed by atoms with van der Waals surface area (Å²) < 4.78 is 21.3. The van der Waals surface area contributed by atoms with Gasteiger partial charge < -0.3 is 0 Å². The van der Waals surface area contributed by atoms with Gasteiger partial charge in [-0.3, -0.25) is 0 Å². The quantitative estimate of drug-likeness (QED) is 0.373. The Morgan fingerprint density at radius 2 is 1.80 bits per heavy atom. The Hall–Kier alpha value is -0.183. The minimum absolute atomic E-state index is 0.461. The summed E-state index contributed by atoms with van der Waals surface area (Å²) in [7, 11) is 0.461. The molecule has 0 radical (unpaired) electrons. The highest BCUT2D eigenvalue weighted by Gasteiger charge is 1.73. The number of hydrogen-bond acceptors (Lipinski definition) is 0. The molecule has 0 spiro atoms. The molecular formula is C2H4F2Si. The molecule has 0 fully saturated rings. The van der Waals surface area contributed by atoms with Crippen molar-refractivity contribution in [3.05, 3.63) is 11.8 Å². The normalized spacial score (nSPS) is 7.60. The van der Waals surface area contributed by atoms with E-state index in [-0.39, 0.29) is 0 Å². The van der Waals surface area contributed by atoms with Gasteiger partial charge in [0.05, 0.1) is 0 Å². The van der Waals surface area contributed by atoms with Gasteiger partial charge in [-0.1, -0.05) is 0 Å². The van der Waals surface area contributed by atoms with Crippen molar-refractivity contribution in [1.82, 2.24) is 0 Å². The minimum Gasteiger partial charge on any atom is -0.174 e. The van der Waals surface area contributed by atoms with Gasteiger partial charge >= 0.3 is 0 Å². The lowest BCUT2D eigenvalue weighted by atomic mass is 11.1. The van der Waals surface area contributed by atoms with Gasteiger partial charge in [0, 0.05) is 10.2 Å². The van der Waals surface area contributed by atoms with Crippen LogP contribution in [0.5, 0.6) is 0 Å². The lowest BCUT2D eigenvalue weighted by Crippen LogP contribution is -1.51.